The van der Waals surface area contributed by atoms with Crippen molar-refractivity contribution in [3.05, 3.63) is 35.4 Å². The summed E-state index contributed by atoms with van der Waals surface area (Å²) in [7, 11) is 0. The average Bonchev–Trinajstić information content (AvgIpc) is 2.33. The first-order valence-corrected chi connectivity index (χ1v) is 6.43. The lowest BCUT2D eigenvalue weighted by Crippen LogP contribution is -2.38. The molecule has 0 radical (unpaired) electrons. The molecule has 1 aromatic rings. The number of alkyl halides is 1. The molecule has 0 aliphatic carbocycles. The highest BCUT2D eigenvalue weighted by atomic mass is 35.5. The second-order valence-corrected chi connectivity index (χ2v) is 4.90. The first-order chi connectivity index (χ1) is 8.54. The van der Waals surface area contributed by atoms with Crippen LogP contribution in [0, 0.1) is 6.92 Å². The molecule has 3 nitrogen and oxygen atoms in total. The van der Waals surface area contributed by atoms with Gasteiger partial charge in [0.25, 0.3) is 0 Å². The van der Waals surface area contributed by atoms with E-state index in [9.17, 15) is 9.90 Å². The molecule has 18 heavy (non-hydrogen) atoms. The minimum absolute atomic E-state index is 0.0517. The van der Waals surface area contributed by atoms with Crippen molar-refractivity contribution < 1.29 is 9.90 Å². The van der Waals surface area contributed by atoms with Gasteiger partial charge in [0.2, 0.25) is 5.91 Å². The van der Waals surface area contributed by atoms with E-state index < -0.39 is 5.38 Å². The number of hydrogen-bond donors (Lipinski definition) is 1. The van der Waals surface area contributed by atoms with Gasteiger partial charge in [0.05, 0.1) is 0 Å². The van der Waals surface area contributed by atoms with Crippen LogP contribution in [0.2, 0.25) is 0 Å². The van der Waals surface area contributed by atoms with Crippen LogP contribution in [0.3, 0.4) is 0 Å². The molecule has 96 valence electrons. The number of carbonyl (C=O) groups excluding carboxylic acids is 1. The van der Waals surface area contributed by atoms with Gasteiger partial charge in [-0.2, -0.15) is 0 Å². The zero-order chi connectivity index (χ0) is 13.3. The Kier molecular flexibility index (Phi) is 3.62. The summed E-state index contributed by atoms with van der Waals surface area (Å²) in [4.78, 5) is 13.7. The Morgan fingerprint density at radius 2 is 2.22 bits per heavy atom. The second kappa shape index (κ2) is 5.02. The maximum absolute atomic E-state index is 12.0. The third-order valence-electron chi connectivity index (χ3n) is 3.15. The lowest BCUT2D eigenvalue weighted by Gasteiger charge is -2.31. The summed E-state index contributed by atoms with van der Waals surface area (Å²) in [5.41, 5.74) is 2.80. The first-order valence-electron chi connectivity index (χ1n) is 6.00. The van der Waals surface area contributed by atoms with E-state index in [1.54, 1.807) is 17.0 Å². The third-order valence-corrected chi connectivity index (χ3v) is 3.51. The standard InChI is InChI=1S/C14H16ClNO2/c1-3-16-13(7-6-12(15)14(16)18)11-5-4-10(17)8-9(11)2/h4-5,7-8,12,17H,3,6H2,1-2H3. The average molecular weight is 266 g/mol. The molecule has 0 saturated carbocycles. The highest BCUT2D eigenvalue weighted by Crippen LogP contribution is 2.30. The maximum atomic E-state index is 12.0. The number of aryl methyl sites for hydroxylation is 1. The van der Waals surface area contributed by atoms with Crippen molar-refractivity contribution in [2.24, 2.45) is 0 Å². The fourth-order valence-corrected chi connectivity index (χ4v) is 2.44. The Bertz CT molecular complexity index is 511. The molecule has 4 heteroatoms. The molecule has 1 amide bonds. The van der Waals surface area contributed by atoms with Gasteiger partial charge in [-0.25, -0.2) is 0 Å². The largest absolute Gasteiger partial charge is 0.508 e. The van der Waals surface area contributed by atoms with Gasteiger partial charge in [0.1, 0.15) is 11.1 Å². The Morgan fingerprint density at radius 3 is 2.83 bits per heavy atom. The lowest BCUT2D eigenvalue weighted by molar-refractivity contribution is -0.127. The summed E-state index contributed by atoms with van der Waals surface area (Å²) in [5.74, 6) is 0.182. The SMILES string of the molecule is CCN1C(=O)C(Cl)CC=C1c1ccc(O)cc1C. The number of hydrogen-bond acceptors (Lipinski definition) is 2. The molecule has 1 N–H and O–H groups in total. The number of halogens is 1. The van der Waals surface area contributed by atoms with Crippen LogP contribution in [0.1, 0.15) is 24.5 Å². The maximum Gasteiger partial charge on any atom is 0.245 e. The van der Waals surface area contributed by atoms with Crippen LogP contribution in [-0.4, -0.2) is 27.8 Å². The molecule has 1 atom stereocenters. The molecule has 1 heterocycles. The molecule has 1 aliphatic rings. The summed E-state index contributed by atoms with van der Waals surface area (Å²) < 4.78 is 0. The Hall–Kier alpha value is -1.48. The van der Waals surface area contributed by atoms with Gasteiger partial charge in [0.15, 0.2) is 0 Å². The molecule has 0 fully saturated rings. The van der Waals surface area contributed by atoms with Gasteiger partial charge in [-0.05, 0) is 44.0 Å². The van der Waals surface area contributed by atoms with E-state index in [0.29, 0.717) is 13.0 Å². The topological polar surface area (TPSA) is 40.5 Å². The predicted molar refractivity (Wildman–Crippen MR) is 72.5 cm³/mol. The van der Waals surface area contributed by atoms with Crippen LogP contribution >= 0.6 is 11.6 Å². The number of aromatic hydroxyl groups is 1. The summed E-state index contributed by atoms with van der Waals surface area (Å²) in [5, 5.41) is 8.97. The van der Waals surface area contributed by atoms with Gasteiger partial charge < -0.3 is 10.0 Å². The number of benzene rings is 1. The van der Waals surface area contributed by atoms with Crippen molar-refractivity contribution in [3.8, 4) is 5.75 Å². The smallest absolute Gasteiger partial charge is 0.245 e. The molecule has 1 aliphatic heterocycles. The van der Waals surface area contributed by atoms with Crippen LogP contribution in [0.15, 0.2) is 24.3 Å². The Morgan fingerprint density at radius 1 is 1.50 bits per heavy atom. The van der Waals surface area contributed by atoms with Gasteiger partial charge >= 0.3 is 0 Å². The van der Waals surface area contributed by atoms with Crippen molar-refractivity contribution in [1.29, 1.82) is 0 Å². The number of phenols is 1. The Balaban J connectivity index is 2.45. The Labute approximate surface area is 112 Å². The minimum atomic E-state index is -0.467. The number of amides is 1. The zero-order valence-electron chi connectivity index (χ0n) is 10.5. The van der Waals surface area contributed by atoms with E-state index in [-0.39, 0.29) is 11.7 Å². The third kappa shape index (κ3) is 2.23. The van der Waals surface area contributed by atoms with E-state index >= 15 is 0 Å². The molecular weight excluding hydrogens is 250 g/mol. The fourth-order valence-electron chi connectivity index (χ4n) is 2.23. The van der Waals surface area contributed by atoms with Crippen molar-refractivity contribution in [2.75, 3.05) is 6.54 Å². The number of nitrogens with zero attached hydrogens (tertiary/aromatic N) is 1. The molecule has 0 aromatic heterocycles. The van der Waals surface area contributed by atoms with Crippen LogP contribution in [0.25, 0.3) is 5.70 Å². The summed E-state index contributed by atoms with van der Waals surface area (Å²) in [6.07, 6.45) is 2.54. The molecule has 0 bridgehead atoms. The van der Waals surface area contributed by atoms with E-state index in [0.717, 1.165) is 16.8 Å². The molecular formula is C14H16ClNO2. The van der Waals surface area contributed by atoms with Crippen molar-refractivity contribution in [3.63, 3.8) is 0 Å². The predicted octanol–water partition coefficient (Wildman–Crippen LogP) is 2.90. The van der Waals surface area contributed by atoms with Crippen LogP contribution in [0.4, 0.5) is 0 Å². The highest BCUT2D eigenvalue weighted by molar-refractivity contribution is 6.31. The number of phenolic OH excluding ortho intramolecular Hbond substituents is 1. The number of rotatable bonds is 2. The van der Waals surface area contributed by atoms with Crippen molar-refractivity contribution in [1.82, 2.24) is 4.90 Å². The monoisotopic (exact) mass is 265 g/mol. The van der Waals surface area contributed by atoms with Crippen LogP contribution < -0.4 is 0 Å². The molecule has 1 unspecified atom stereocenters. The summed E-state index contributed by atoms with van der Waals surface area (Å²) >= 11 is 5.98. The quantitative estimate of drug-likeness (QED) is 0.836. The van der Waals surface area contributed by atoms with Gasteiger partial charge in [-0.3, -0.25) is 4.79 Å². The van der Waals surface area contributed by atoms with E-state index in [1.807, 2.05) is 26.0 Å². The van der Waals surface area contributed by atoms with Crippen LogP contribution in [-0.2, 0) is 4.79 Å². The van der Waals surface area contributed by atoms with Gasteiger partial charge in [0, 0.05) is 17.8 Å². The molecule has 1 aromatic carbocycles. The number of allylic oxidation sites excluding steroid dienone is 1. The normalized spacial score (nSPS) is 19.9. The first kappa shape index (κ1) is 13.0. The highest BCUT2D eigenvalue weighted by Gasteiger charge is 2.28. The van der Waals surface area contributed by atoms with Gasteiger partial charge in [-0.15, -0.1) is 11.6 Å². The fraction of sp³-hybridized carbons (Fsp3) is 0.357. The van der Waals surface area contributed by atoms with E-state index in [2.05, 4.69) is 0 Å². The summed E-state index contributed by atoms with van der Waals surface area (Å²) in [6, 6.07) is 5.16. The van der Waals surface area contributed by atoms with Crippen LogP contribution in [0.5, 0.6) is 5.75 Å². The molecule has 0 spiro atoms. The van der Waals surface area contributed by atoms with Crippen molar-refractivity contribution >= 4 is 23.2 Å². The van der Waals surface area contributed by atoms with Crippen molar-refractivity contribution in [2.45, 2.75) is 25.6 Å². The van der Waals surface area contributed by atoms with E-state index in [4.69, 9.17) is 11.6 Å². The lowest BCUT2D eigenvalue weighted by atomic mass is 10.00. The molecule has 2 rings (SSSR count). The minimum Gasteiger partial charge on any atom is -0.508 e. The summed E-state index contributed by atoms with van der Waals surface area (Å²) in [6.45, 7) is 4.44. The van der Waals surface area contributed by atoms with E-state index in [1.165, 1.54) is 0 Å². The van der Waals surface area contributed by atoms with Gasteiger partial charge in [-0.1, -0.05) is 6.08 Å². The molecule has 0 saturated heterocycles. The number of carbonyl (C=O) groups is 1. The zero-order valence-corrected chi connectivity index (χ0v) is 11.2. The second-order valence-electron chi connectivity index (χ2n) is 4.37.